The number of cyclic esters (lactones) is 1. The van der Waals surface area contributed by atoms with Crippen molar-refractivity contribution in [1.82, 2.24) is 10.2 Å². The van der Waals surface area contributed by atoms with Crippen molar-refractivity contribution in [1.29, 1.82) is 0 Å². The third-order valence-electron chi connectivity index (χ3n) is 5.34. The van der Waals surface area contributed by atoms with Crippen molar-refractivity contribution in [3.63, 3.8) is 0 Å². The quantitative estimate of drug-likeness (QED) is 0.389. The van der Waals surface area contributed by atoms with Gasteiger partial charge in [-0.15, -0.1) is 0 Å². The van der Waals surface area contributed by atoms with Crippen molar-refractivity contribution in [2.24, 2.45) is 0 Å². The Hall–Kier alpha value is -4.14. The van der Waals surface area contributed by atoms with E-state index in [1.54, 1.807) is 6.07 Å². The molecule has 0 fully saturated rings. The Morgan fingerprint density at radius 2 is 2.03 bits per heavy atom. The lowest BCUT2D eigenvalue weighted by Crippen LogP contribution is -2.20. The predicted octanol–water partition coefficient (Wildman–Crippen LogP) is 3.36. The minimum absolute atomic E-state index is 0.107. The maximum atomic E-state index is 12.6. The van der Waals surface area contributed by atoms with Crippen LogP contribution in [-0.2, 0) is 9.53 Å². The van der Waals surface area contributed by atoms with E-state index in [0.717, 1.165) is 16.8 Å². The van der Waals surface area contributed by atoms with Crippen LogP contribution in [0.3, 0.4) is 0 Å². The first-order valence-corrected chi connectivity index (χ1v) is 9.21. The number of esters is 1. The number of rotatable bonds is 4. The van der Waals surface area contributed by atoms with Gasteiger partial charge in [0.2, 0.25) is 0 Å². The summed E-state index contributed by atoms with van der Waals surface area (Å²) in [6, 6.07) is 14.3. The molecule has 150 valence electrons. The number of anilines is 1. The second-order valence-corrected chi connectivity index (χ2v) is 6.94. The minimum atomic E-state index is -0.579. The number of aromatic amines is 1. The highest BCUT2D eigenvalue weighted by atomic mass is 16.6. The summed E-state index contributed by atoms with van der Waals surface area (Å²) in [6.07, 6.45) is 0. The van der Waals surface area contributed by atoms with Gasteiger partial charge in [-0.25, -0.2) is 4.79 Å². The second-order valence-electron chi connectivity index (χ2n) is 6.94. The Labute approximate surface area is 170 Å². The minimum Gasteiger partial charge on any atom is -0.490 e. The number of hydrogen-bond acceptors (Lipinski definition) is 7. The average Bonchev–Trinajstić information content (AvgIpc) is 3.36. The fourth-order valence-electron chi connectivity index (χ4n) is 4.01. The van der Waals surface area contributed by atoms with Gasteiger partial charge in [-0.05, 0) is 17.2 Å². The number of hydrogen-bond donors (Lipinski definition) is 2. The van der Waals surface area contributed by atoms with Crippen LogP contribution in [0.1, 0.15) is 17.0 Å². The van der Waals surface area contributed by atoms with Gasteiger partial charge in [0.25, 0.3) is 0 Å². The van der Waals surface area contributed by atoms with Crippen LogP contribution in [0, 0.1) is 10.1 Å². The lowest BCUT2D eigenvalue weighted by molar-refractivity contribution is -0.385. The van der Waals surface area contributed by atoms with Crippen LogP contribution >= 0.6 is 0 Å². The molecule has 2 aliphatic heterocycles. The van der Waals surface area contributed by atoms with Crippen LogP contribution in [-0.4, -0.2) is 34.8 Å². The standard InChI is InChI=1S/C21H16N4O5/c1-29-15-8-7-12(9-14(15)25(27)28)16-17-13(10-30-21(17)26)22-20-18(16)19(23-24-20)11-5-3-2-4-6-11/h2-9,16H,10H2,1H3,(H2,22,23,24). The smallest absolute Gasteiger partial charge is 0.337 e. The van der Waals surface area contributed by atoms with Gasteiger partial charge in [-0.2, -0.15) is 5.10 Å². The van der Waals surface area contributed by atoms with Crippen LogP contribution < -0.4 is 10.1 Å². The maximum absolute atomic E-state index is 12.6. The molecule has 9 heteroatoms. The van der Waals surface area contributed by atoms with Crippen molar-refractivity contribution in [2.45, 2.75) is 5.92 Å². The molecule has 9 nitrogen and oxygen atoms in total. The van der Waals surface area contributed by atoms with Gasteiger partial charge < -0.3 is 14.8 Å². The van der Waals surface area contributed by atoms with Gasteiger partial charge in [0, 0.05) is 17.5 Å². The normalized spacial score (nSPS) is 17.1. The Morgan fingerprint density at radius 1 is 1.23 bits per heavy atom. The summed E-state index contributed by atoms with van der Waals surface area (Å²) in [5.41, 5.74) is 3.80. The summed E-state index contributed by atoms with van der Waals surface area (Å²) < 4.78 is 10.4. The molecule has 0 radical (unpaired) electrons. The number of ether oxygens (including phenoxy) is 2. The Balaban J connectivity index is 1.75. The number of nitro benzene ring substituents is 1. The van der Waals surface area contributed by atoms with Crippen LogP contribution in [0.4, 0.5) is 11.5 Å². The molecule has 2 N–H and O–H groups in total. The molecule has 1 unspecified atom stereocenters. The van der Waals surface area contributed by atoms with Crippen LogP contribution in [0.2, 0.25) is 0 Å². The van der Waals surface area contributed by atoms with E-state index in [2.05, 4.69) is 15.5 Å². The molecule has 1 atom stereocenters. The molecule has 0 aliphatic carbocycles. The molecule has 0 amide bonds. The highest BCUT2D eigenvalue weighted by Gasteiger charge is 2.42. The summed E-state index contributed by atoms with van der Waals surface area (Å²) in [5.74, 6) is -0.317. The molecule has 30 heavy (non-hydrogen) atoms. The summed E-state index contributed by atoms with van der Waals surface area (Å²) >= 11 is 0. The number of H-pyrrole nitrogens is 1. The number of methoxy groups -OCH3 is 1. The molecule has 2 aromatic carbocycles. The second kappa shape index (κ2) is 6.73. The number of nitro groups is 1. The lowest BCUT2D eigenvalue weighted by Gasteiger charge is -2.25. The van der Waals surface area contributed by atoms with Crippen LogP contribution in [0.5, 0.6) is 5.75 Å². The molecular weight excluding hydrogens is 388 g/mol. The van der Waals surface area contributed by atoms with Crippen LogP contribution in [0.25, 0.3) is 11.3 Å². The Bertz CT molecular complexity index is 1220. The van der Waals surface area contributed by atoms with Gasteiger partial charge in [0.05, 0.1) is 29.0 Å². The van der Waals surface area contributed by atoms with Crippen molar-refractivity contribution in [3.8, 4) is 17.0 Å². The van der Waals surface area contributed by atoms with E-state index in [0.29, 0.717) is 22.7 Å². The zero-order valence-electron chi connectivity index (χ0n) is 15.8. The largest absolute Gasteiger partial charge is 0.490 e. The molecule has 3 heterocycles. The van der Waals surface area contributed by atoms with Gasteiger partial charge in [-0.1, -0.05) is 36.4 Å². The summed E-state index contributed by atoms with van der Waals surface area (Å²) in [6.45, 7) is 0.107. The maximum Gasteiger partial charge on any atom is 0.337 e. The first-order valence-electron chi connectivity index (χ1n) is 9.21. The number of nitrogens with zero attached hydrogens (tertiary/aromatic N) is 2. The number of fused-ring (bicyclic) bond motifs is 1. The number of carbonyl (C=O) groups excluding carboxylic acids is 1. The molecule has 5 rings (SSSR count). The first-order chi connectivity index (χ1) is 14.6. The van der Waals surface area contributed by atoms with Crippen LogP contribution in [0.15, 0.2) is 59.8 Å². The van der Waals surface area contributed by atoms with E-state index in [1.165, 1.54) is 19.2 Å². The third kappa shape index (κ3) is 2.63. The topological polar surface area (TPSA) is 119 Å². The van der Waals surface area contributed by atoms with E-state index in [4.69, 9.17) is 9.47 Å². The molecule has 3 aromatic rings. The van der Waals surface area contributed by atoms with E-state index < -0.39 is 16.8 Å². The highest BCUT2D eigenvalue weighted by molar-refractivity contribution is 5.98. The number of benzene rings is 2. The summed E-state index contributed by atoms with van der Waals surface area (Å²) in [5, 5.41) is 22.2. The third-order valence-corrected chi connectivity index (χ3v) is 5.34. The fourth-order valence-corrected chi connectivity index (χ4v) is 4.01. The van der Waals surface area contributed by atoms with E-state index in [-0.39, 0.29) is 18.0 Å². The van der Waals surface area contributed by atoms with E-state index in [9.17, 15) is 14.9 Å². The van der Waals surface area contributed by atoms with Crippen molar-refractivity contribution in [3.05, 3.63) is 81.0 Å². The zero-order chi connectivity index (χ0) is 20.8. The van der Waals surface area contributed by atoms with Gasteiger partial charge in [0.1, 0.15) is 6.61 Å². The summed E-state index contributed by atoms with van der Waals surface area (Å²) in [4.78, 5) is 23.7. The van der Waals surface area contributed by atoms with Crippen molar-refractivity contribution < 1.29 is 19.2 Å². The molecule has 0 saturated heterocycles. The van der Waals surface area contributed by atoms with Gasteiger partial charge in [-0.3, -0.25) is 15.2 Å². The van der Waals surface area contributed by atoms with E-state index >= 15 is 0 Å². The monoisotopic (exact) mass is 404 g/mol. The fraction of sp³-hybridized carbons (Fsp3) is 0.143. The molecular formula is C21H16N4O5. The van der Waals surface area contributed by atoms with E-state index in [1.807, 2.05) is 30.3 Å². The molecule has 2 aliphatic rings. The van der Waals surface area contributed by atoms with Gasteiger partial charge >= 0.3 is 11.7 Å². The Kier molecular flexibility index (Phi) is 4.02. The molecule has 0 saturated carbocycles. The van der Waals surface area contributed by atoms with Gasteiger partial charge in [0.15, 0.2) is 11.6 Å². The molecule has 0 spiro atoms. The zero-order valence-corrected chi connectivity index (χ0v) is 15.8. The Morgan fingerprint density at radius 3 is 2.77 bits per heavy atom. The highest BCUT2D eigenvalue weighted by Crippen LogP contribution is 2.48. The first kappa shape index (κ1) is 17.9. The average molecular weight is 404 g/mol. The molecule has 1 aromatic heterocycles. The lowest BCUT2D eigenvalue weighted by atomic mass is 9.81. The molecule has 0 bridgehead atoms. The van der Waals surface area contributed by atoms with Crippen molar-refractivity contribution in [2.75, 3.05) is 19.0 Å². The van der Waals surface area contributed by atoms with Crippen molar-refractivity contribution >= 4 is 17.5 Å². The number of carbonyl (C=O) groups is 1. The number of aromatic nitrogens is 2. The summed E-state index contributed by atoms with van der Waals surface area (Å²) in [7, 11) is 1.38. The number of nitrogens with one attached hydrogen (secondary N) is 2. The predicted molar refractivity (Wildman–Crippen MR) is 107 cm³/mol. The SMILES string of the molecule is COc1ccc(C2C3=C(COC3=O)Nc3n[nH]c(-c4ccccc4)c32)cc1[N+](=O)[O-].